The summed E-state index contributed by atoms with van der Waals surface area (Å²) >= 11 is 0. The maximum atomic E-state index is 6.18. The van der Waals surface area contributed by atoms with Crippen LogP contribution in [-0.2, 0) is 0 Å². The van der Waals surface area contributed by atoms with Crippen molar-refractivity contribution in [1.82, 2.24) is 0 Å². The van der Waals surface area contributed by atoms with Crippen LogP contribution in [0.5, 0.6) is 17.2 Å². The van der Waals surface area contributed by atoms with E-state index >= 15 is 0 Å². The minimum Gasteiger partial charge on any atom is -0.496 e. The molecule has 0 saturated heterocycles. The molecule has 2 aromatic carbocycles. The number of para-hydroxylation sites is 1. The van der Waals surface area contributed by atoms with Crippen LogP contribution in [0, 0.1) is 34.6 Å². The zero-order valence-corrected chi connectivity index (χ0v) is 13.1. The van der Waals surface area contributed by atoms with Crippen LogP contribution < -0.4 is 9.47 Å². The first-order chi connectivity index (χ1) is 9.47. The van der Waals surface area contributed by atoms with Gasteiger partial charge in [0.25, 0.3) is 0 Å². The van der Waals surface area contributed by atoms with Gasteiger partial charge in [-0.3, -0.25) is 0 Å². The largest absolute Gasteiger partial charge is 0.496 e. The highest BCUT2D eigenvalue weighted by molar-refractivity contribution is 5.58. The summed E-state index contributed by atoms with van der Waals surface area (Å²) < 4.78 is 11.7. The number of benzene rings is 2. The van der Waals surface area contributed by atoms with Crippen LogP contribution >= 0.6 is 0 Å². The van der Waals surface area contributed by atoms with Gasteiger partial charge in [-0.1, -0.05) is 18.2 Å². The van der Waals surface area contributed by atoms with E-state index in [1.807, 2.05) is 18.2 Å². The highest BCUT2D eigenvalue weighted by Crippen LogP contribution is 2.39. The lowest BCUT2D eigenvalue weighted by molar-refractivity contribution is 0.404. The molecule has 0 aliphatic heterocycles. The lowest BCUT2D eigenvalue weighted by atomic mass is 9.98. The predicted octanol–water partition coefficient (Wildman–Crippen LogP) is 5.03. The molecular weight excluding hydrogens is 248 g/mol. The van der Waals surface area contributed by atoms with Gasteiger partial charge < -0.3 is 9.47 Å². The van der Waals surface area contributed by atoms with E-state index in [0.717, 1.165) is 45.1 Å². The molecule has 2 nitrogen and oxygen atoms in total. The Labute approximate surface area is 121 Å². The molecule has 0 radical (unpaired) electrons. The summed E-state index contributed by atoms with van der Waals surface area (Å²) in [6, 6.07) is 8.08. The van der Waals surface area contributed by atoms with Gasteiger partial charge in [0.05, 0.1) is 7.11 Å². The van der Waals surface area contributed by atoms with Crippen molar-refractivity contribution in [2.45, 2.75) is 34.6 Å². The molecule has 106 valence electrons. The Morgan fingerprint density at radius 3 is 1.70 bits per heavy atom. The molecule has 0 aliphatic rings. The molecule has 0 amide bonds. The molecule has 0 bridgehead atoms. The highest BCUT2D eigenvalue weighted by Gasteiger charge is 2.17. The van der Waals surface area contributed by atoms with Crippen molar-refractivity contribution in [3.05, 3.63) is 52.1 Å². The Bertz CT molecular complexity index is 613. The summed E-state index contributed by atoms with van der Waals surface area (Å²) in [4.78, 5) is 0. The molecule has 0 aliphatic carbocycles. The summed E-state index contributed by atoms with van der Waals surface area (Å²) in [6.45, 7) is 10.4. The molecule has 20 heavy (non-hydrogen) atoms. The first-order valence-electron chi connectivity index (χ1n) is 6.85. The average molecular weight is 270 g/mol. The quantitative estimate of drug-likeness (QED) is 0.778. The molecular formula is C18H22O2. The van der Waals surface area contributed by atoms with Gasteiger partial charge in [-0.05, 0) is 68.5 Å². The standard InChI is InChI=1S/C18H22O2/c1-11-9-7-8-10-16(11)20-18-14(4)12(2)17(19-6)13(3)15(18)5/h7-10H,1-6H3. The number of rotatable bonds is 3. The Morgan fingerprint density at radius 2 is 1.20 bits per heavy atom. The van der Waals surface area contributed by atoms with E-state index in [0.29, 0.717) is 0 Å². The molecule has 2 aromatic rings. The molecule has 0 unspecified atom stereocenters. The van der Waals surface area contributed by atoms with Gasteiger partial charge in [0, 0.05) is 0 Å². The Hall–Kier alpha value is -1.96. The Kier molecular flexibility index (Phi) is 4.03. The summed E-state index contributed by atoms with van der Waals surface area (Å²) in [5.41, 5.74) is 5.68. The fraction of sp³-hybridized carbons (Fsp3) is 0.333. The smallest absolute Gasteiger partial charge is 0.134 e. The number of aryl methyl sites for hydroxylation is 1. The summed E-state index contributed by atoms with van der Waals surface area (Å²) in [7, 11) is 1.72. The molecule has 0 atom stereocenters. The molecule has 0 N–H and O–H groups in total. The van der Waals surface area contributed by atoms with Gasteiger partial charge >= 0.3 is 0 Å². The van der Waals surface area contributed by atoms with Crippen LogP contribution in [0.4, 0.5) is 0 Å². The van der Waals surface area contributed by atoms with Gasteiger partial charge in [-0.2, -0.15) is 0 Å². The van der Waals surface area contributed by atoms with E-state index < -0.39 is 0 Å². The van der Waals surface area contributed by atoms with Crippen molar-refractivity contribution in [3.8, 4) is 17.2 Å². The van der Waals surface area contributed by atoms with Gasteiger partial charge in [0.15, 0.2) is 0 Å². The van der Waals surface area contributed by atoms with Gasteiger partial charge in [0.2, 0.25) is 0 Å². The first-order valence-corrected chi connectivity index (χ1v) is 6.85. The maximum Gasteiger partial charge on any atom is 0.134 e. The Balaban J connectivity index is 2.56. The van der Waals surface area contributed by atoms with Crippen molar-refractivity contribution >= 4 is 0 Å². The van der Waals surface area contributed by atoms with Crippen LogP contribution in [0.2, 0.25) is 0 Å². The number of methoxy groups -OCH3 is 1. The summed E-state index contributed by atoms with van der Waals surface area (Å²) in [5, 5.41) is 0. The minimum atomic E-state index is 0.905. The maximum absolute atomic E-state index is 6.18. The molecule has 2 heteroatoms. The topological polar surface area (TPSA) is 18.5 Å². The zero-order valence-electron chi connectivity index (χ0n) is 13.1. The van der Waals surface area contributed by atoms with Crippen molar-refractivity contribution < 1.29 is 9.47 Å². The minimum absolute atomic E-state index is 0.905. The second-order valence-electron chi connectivity index (χ2n) is 5.23. The van der Waals surface area contributed by atoms with Crippen molar-refractivity contribution in [1.29, 1.82) is 0 Å². The average Bonchev–Trinajstić information content (AvgIpc) is 2.44. The van der Waals surface area contributed by atoms with E-state index in [-0.39, 0.29) is 0 Å². The van der Waals surface area contributed by atoms with Gasteiger partial charge in [-0.25, -0.2) is 0 Å². The van der Waals surface area contributed by atoms with Crippen molar-refractivity contribution in [3.63, 3.8) is 0 Å². The highest BCUT2D eigenvalue weighted by atomic mass is 16.5. The second-order valence-corrected chi connectivity index (χ2v) is 5.23. The van der Waals surface area contributed by atoms with Crippen molar-refractivity contribution in [2.24, 2.45) is 0 Å². The zero-order chi connectivity index (χ0) is 14.9. The molecule has 0 spiro atoms. The van der Waals surface area contributed by atoms with Gasteiger partial charge in [0.1, 0.15) is 17.2 Å². The number of hydrogen-bond acceptors (Lipinski definition) is 2. The van der Waals surface area contributed by atoms with Crippen LogP contribution in [0.1, 0.15) is 27.8 Å². The summed E-state index contributed by atoms with van der Waals surface area (Å²) in [6.07, 6.45) is 0. The third-order valence-corrected chi connectivity index (χ3v) is 4.00. The number of ether oxygens (including phenoxy) is 2. The van der Waals surface area contributed by atoms with Crippen LogP contribution in [-0.4, -0.2) is 7.11 Å². The van der Waals surface area contributed by atoms with E-state index in [1.54, 1.807) is 7.11 Å². The lowest BCUT2D eigenvalue weighted by Crippen LogP contribution is -2.01. The van der Waals surface area contributed by atoms with E-state index in [9.17, 15) is 0 Å². The first kappa shape index (κ1) is 14.4. The summed E-state index contributed by atoms with van der Waals surface area (Å²) in [5.74, 6) is 2.80. The van der Waals surface area contributed by atoms with Crippen LogP contribution in [0.3, 0.4) is 0 Å². The predicted molar refractivity (Wildman–Crippen MR) is 83.2 cm³/mol. The van der Waals surface area contributed by atoms with Crippen LogP contribution in [0.15, 0.2) is 24.3 Å². The van der Waals surface area contributed by atoms with Crippen LogP contribution in [0.25, 0.3) is 0 Å². The fourth-order valence-electron chi connectivity index (χ4n) is 2.48. The molecule has 0 fully saturated rings. The molecule has 0 aromatic heterocycles. The lowest BCUT2D eigenvalue weighted by Gasteiger charge is -2.20. The second kappa shape index (κ2) is 5.58. The normalized spacial score (nSPS) is 10.5. The van der Waals surface area contributed by atoms with E-state index in [1.165, 1.54) is 0 Å². The van der Waals surface area contributed by atoms with Gasteiger partial charge in [-0.15, -0.1) is 0 Å². The van der Waals surface area contributed by atoms with E-state index in [4.69, 9.17) is 9.47 Å². The van der Waals surface area contributed by atoms with E-state index in [2.05, 4.69) is 40.7 Å². The molecule has 0 heterocycles. The fourth-order valence-corrected chi connectivity index (χ4v) is 2.48. The van der Waals surface area contributed by atoms with Crippen molar-refractivity contribution in [2.75, 3.05) is 7.11 Å². The molecule has 2 rings (SSSR count). The third kappa shape index (κ3) is 2.38. The SMILES string of the molecule is COc1c(C)c(C)c(Oc2ccccc2C)c(C)c1C. The third-order valence-electron chi connectivity index (χ3n) is 4.00. The number of hydrogen-bond donors (Lipinski definition) is 0. The molecule has 0 saturated carbocycles. The monoisotopic (exact) mass is 270 g/mol. The Morgan fingerprint density at radius 1 is 0.700 bits per heavy atom.